The van der Waals surface area contributed by atoms with Crippen molar-refractivity contribution in [3.8, 4) is 0 Å². The Kier molecular flexibility index (Phi) is 3.01. The Balaban J connectivity index is 2.41. The van der Waals surface area contributed by atoms with Crippen molar-refractivity contribution in [2.24, 2.45) is 0 Å². The summed E-state index contributed by atoms with van der Waals surface area (Å²) in [5.41, 5.74) is 1.31. The van der Waals surface area contributed by atoms with Crippen molar-refractivity contribution in [2.45, 2.75) is 32.3 Å². The maximum Gasteiger partial charge on any atom is 0.147 e. The molecule has 0 bridgehead atoms. The molecule has 0 aromatic heterocycles. The fraction of sp³-hybridized carbons (Fsp3) is 0.429. The summed E-state index contributed by atoms with van der Waals surface area (Å²) in [4.78, 5) is 0. The van der Waals surface area contributed by atoms with Crippen molar-refractivity contribution in [3.63, 3.8) is 0 Å². The van der Waals surface area contributed by atoms with Gasteiger partial charge < -0.3 is 9.84 Å². The molecule has 0 saturated heterocycles. The normalized spacial score (nSPS) is 24.3. The molecular formula is C14H18O2. The average molecular weight is 218 g/mol. The summed E-state index contributed by atoms with van der Waals surface area (Å²) in [5.74, 6) is 0.681. The van der Waals surface area contributed by atoms with Gasteiger partial charge >= 0.3 is 0 Å². The summed E-state index contributed by atoms with van der Waals surface area (Å²) in [6, 6.07) is 8.05. The zero-order chi connectivity index (χ0) is 11.6. The highest BCUT2D eigenvalue weighted by molar-refractivity contribution is 5.42. The van der Waals surface area contributed by atoms with E-state index in [9.17, 15) is 5.11 Å². The summed E-state index contributed by atoms with van der Waals surface area (Å²) in [6.45, 7) is 4.43. The van der Waals surface area contributed by atoms with E-state index in [1.807, 2.05) is 38.1 Å². The number of aliphatic hydroxyl groups is 1. The summed E-state index contributed by atoms with van der Waals surface area (Å²) >= 11 is 0. The maximum atomic E-state index is 10.7. The minimum atomic E-state index is -0.915. The SMILES string of the molecule is C/C=C(\OCC)[C@]1(O)CCc2ccccc21. The molecular weight excluding hydrogens is 200 g/mol. The second-order valence-electron chi connectivity index (χ2n) is 4.10. The fourth-order valence-corrected chi connectivity index (χ4v) is 2.44. The maximum absolute atomic E-state index is 10.7. The van der Waals surface area contributed by atoms with E-state index in [1.54, 1.807) is 0 Å². The van der Waals surface area contributed by atoms with E-state index in [1.165, 1.54) is 5.56 Å². The van der Waals surface area contributed by atoms with Gasteiger partial charge in [0.15, 0.2) is 0 Å². The predicted octanol–water partition coefficient (Wildman–Crippen LogP) is 2.76. The summed E-state index contributed by atoms with van der Waals surface area (Å²) in [7, 11) is 0. The number of hydrogen-bond donors (Lipinski definition) is 1. The van der Waals surface area contributed by atoms with E-state index < -0.39 is 5.60 Å². The van der Waals surface area contributed by atoms with Crippen LogP contribution in [-0.2, 0) is 16.8 Å². The molecule has 0 unspecified atom stereocenters. The smallest absolute Gasteiger partial charge is 0.147 e. The van der Waals surface area contributed by atoms with Gasteiger partial charge in [0.25, 0.3) is 0 Å². The average Bonchev–Trinajstić information content (AvgIpc) is 2.66. The number of allylic oxidation sites excluding steroid dienone is 1. The number of fused-ring (bicyclic) bond motifs is 1. The highest BCUT2D eigenvalue weighted by Gasteiger charge is 2.40. The van der Waals surface area contributed by atoms with Gasteiger partial charge in [-0.15, -0.1) is 0 Å². The first kappa shape index (κ1) is 11.2. The first-order valence-electron chi connectivity index (χ1n) is 5.82. The predicted molar refractivity (Wildman–Crippen MR) is 64.0 cm³/mol. The van der Waals surface area contributed by atoms with Crippen molar-refractivity contribution < 1.29 is 9.84 Å². The second kappa shape index (κ2) is 4.30. The van der Waals surface area contributed by atoms with Crippen molar-refractivity contribution in [2.75, 3.05) is 6.61 Å². The second-order valence-corrected chi connectivity index (χ2v) is 4.10. The Hall–Kier alpha value is -1.28. The van der Waals surface area contributed by atoms with Crippen LogP contribution >= 0.6 is 0 Å². The van der Waals surface area contributed by atoms with Crippen molar-refractivity contribution in [1.82, 2.24) is 0 Å². The first-order valence-corrected chi connectivity index (χ1v) is 5.82. The Morgan fingerprint density at radius 3 is 2.94 bits per heavy atom. The van der Waals surface area contributed by atoms with Gasteiger partial charge in [-0.05, 0) is 43.9 Å². The third-order valence-corrected chi connectivity index (χ3v) is 3.19. The monoisotopic (exact) mass is 218 g/mol. The van der Waals surface area contributed by atoms with Crippen molar-refractivity contribution >= 4 is 0 Å². The van der Waals surface area contributed by atoms with Gasteiger partial charge in [0.05, 0.1) is 6.61 Å². The van der Waals surface area contributed by atoms with Gasteiger partial charge in [-0.25, -0.2) is 0 Å². The lowest BCUT2D eigenvalue weighted by molar-refractivity contribution is 0.0101. The van der Waals surface area contributed by atoms with Crippen LogP contribution in [0.15, 0.2) is 36.1 Å². The largest absolute Gasteiger partial charge is 0.495 e. The standard InChI is InChI=1S/C14H18O2/c1-3-13(16-4-2)14(15)10-9-11-7-5-6-8-12(11)14/h3,5-8,15H,4,9-10H2,1-2H3/b13-3-/t14-/m0/s1. The topological polar surface area (TPSA) is 29.5 Å². The Morgan fingerprint density at radius 2 is 2.25 bits per heavy atom. The number of rotatable bonds is 3. The molecule has 0 heterocycles. The molecule has 86 valence electrons. The molecule has 0 aliphatic heterocycles. The van der Waals surface area contributed by atoms with E-state index in [0.29, 0.717) is 18.8 Å². The summed E-state index contributed by atoms with van der Waals surface area (Å²) < 4.78 is 5.55. The molecule has 2 rings (SSSR count). The van der Waals surface area contributed by atoms with E-state index in [4.69, 9.17) is 4.74 Å². The highest BCUT2D eigenvalue weighted by Crippen LogP contribution is 2.42. The summed E-state index contributed by atoms with van der Waals surface area (Å²) in [6.07, 6.45) is 3.49. The molecule has 0 radical (unpaired) electrons. The van der Waals surface area contributed by atoms with Crippen LogP contribution in [0.1, 0.15) is 31.4 Å². The van der Waals surface area contributed by atoms with Gasteiger partial charge in [0, 0.05) is 0 Å². The van der Waals surface area contributed by atoms with Crippen molar-refractivity contribution in [1.29, 1.82) is 0 Å². The van der Waals surface area contributed by atoms with Gasteiger partial charge in [-0.2, -0.15) is 0 Å². The minimum Gasteiger partial charge on any atom is -0.495 e. The summed E-state index contributed by atoms with van der Waals surface area (Å²) in [5, 5.41) is 10.7. The molecule has 1 aromatic rings. The Labute approximate surface area is 96.6 Å². The molecule has 1 aliphatic carbocycles. The number of benzene rings is 1. The third kappa shape index (κ3) is 1.63. The molecule has 0 amide bonds. The van der Waals surface area contributed by atoms with E-state index in [2.05, 4.69) is 6.07 Å². The van der Waals surface area contributed by atoms with Crippen LogP contribution in [0.25, 0.3) is 0 Å². The highest BCUT2D eigenvalue weighted by atomic mass is 16.5. The van der Waals surface area contributed by atoms with Crippen LogP contribution in [-0.4, -0.2) is 11.7 Å². The number of ether oxygens (including phenoxy) is 1. The number of hydrogen-bond acceptors (Lipinski definition) is 2. The molecule has 16 heavy (non-hydrogen) atoms. The molecule has 2 heteroatoms. The molecule has 0 saturated carbocycles. The van der Waals surface area contributed by atoms with E-state index in [-0.39, 0.29) is 0 Å². The molecule has 1 N–H and O–H groups in total. The number of aryl methyl sites for hydroxylation is 1. The fourth-order valence-electron chi connectivity index (χ4n) is 2.44. The molecule has 2 nitrogen and oxygen atoms in total. The first-order chi connectivity index (χ1) is 7.72. The molecule has 1 aliphatic rings. The Morgan fingerprint density at radius 1 is 1.50 bits per heavy atom. The van der Waals surface area contributed by atoms with Crippen LogP contribution in [0.2, 0.25) is 0 Å². The van der Waals surface area contributed by atoms with Gasteiger partial charge in [-0.1, -0.05) is 24.3 Å². The molecule has 0 spiro atoms. The van der Waals surface area contributed by atoms with E-state index in [0.717, 1.165) is 12.0 Å². The van der Waals surface area contributed by atoms with Gasteiger partial charge in [0.1, 0.15) is 11.4 Å². The molecule has 1 atom stereocenters. The van der Waals surface area contributed by atoms with Crippen LogP contribution in [0.5, 0.6) is 0 Å². The Bertz CT molecular complexity index is 409. The third-order valence-electron chi connectivity index (χ3n) is 3.19. The van der Waals surface area contributed by atoms with Gasteiger partial charge in [0.2, 0.25) is 0 Å². The molecule has 1 aromatic carbocycles. The lowest BCUT2D eigenvalue weighted by atomic mass is 9.93. The zero-order valence-corrected chi connectivity index (χ0v) is 9.86. The quantitative estimate of drug-likeness (QED) is 0.790. The zero-order valence-electron chi connectivity index (χ0n) is 9.86. The van der Waals surface area contributed by atoms with Crippen molar-refractivity contribution in [3.05, 3.63) is 47.2 Å². The van der Waals surface area contributed by atoms with E-state index >= 15 is 0 Å². The van der Waals surface area contributed by atoms with Crippen LogP contribution in [0.4, 0.5) is 0 Å². The van der Waals surface area contributed by atoms with Crippen LogP contribution < -0.4 is 0 Å². The lowest BCUT2D eigenvalue weighted by Crippen LogP contribution is -2.26. The van der Waals surface area contributed by atoms with Crippen LogP contribution in [0.3, 0.4) is 0 Å². The minimum absolute atomic E-state index is 0.587. The molecule has 0 fully saturated rings. The van der Waals surface area contributed by atoms with Gasteiger partial charge in [-0.3, -0.25) is 0 Å². The lowest BCUT2D eigenvalue weighted by Gasteiger charge is -2.26. The van der Waals surface area contributed by atoms with Crippen LogP contribution in [0, 0.1) is 0 Å².